The molecule has 4 nitrogen and oxygen atoms in total. The zero-order valence-corrected chi connectivity index (χ0v) is 15.1. The normalized spacial score (nSPS) is 12.7. The quantitative estimate of drug-likeness (QED) is 0.724. The molecule has 2 aromatic carbocycles. The molecule has 0 saturated heterocycles. The van der Waals surface area contributed by atoms with Crippen LogP contribution in [0.2, 0.25) is 0 Å². The van der Waals surface area contributed by atoms with Crippen molar-refractivity contribution >= 4 is 5.91 Å². The molecule has 25 heavy (non-hydrogen) atoms. The lowest BCUT2D eigenvalue weighted by Crippen LogP contribution is -2.28. The van der Waals surface area contributed by atoms with Crippen LogP contribution in [0.4, 0.5) is 0 Å². The molecule has 1 amide bonds. The van der Waals surface area contributed by atoms with Gasteiger partial charge in [-0.3, -0.25) is 4.79 Å². The summed E-state index contributed by atoms with van der Waals surface area (Å²) in [5.41, 5.74) is 2.77. The topological polar surface area (TPSA) is 69.6 Å². The van der Waals surface area contributed by atoms with Crippen LogP contribution >= 0.6 is 0 Å². The Balaban J connectivity index is 1.89. The van der Waals surface area contributed by atoms with Crippen molar-refractivity contribution in [2.75, 3.05) is 6.54 Å². The van der Waals surface area contributed by atoms with Crippen LogP contribution in [0.25, 0.3) is 0 Å². The van der Waals surface area contributed by atoms with Crippen molar-refractivity contribution in [2.24, 2.45) is 0 Å². The molecule has 0 fully saturated rings. The van der Waals surface area contributed by atoms with E-state index >= 15 is 0 Å². The number of carbonyl (C=O) groups is 1. The van der Waals surface area contributed by atoms with E-state index in [0.29, 0.717) is 12.0 Å². The highest BCUT2D eigenvalue weighted by molar-refractivity contribution is 5.94. The number of aliphatic hydroxyl groups is 2. The summed E-state index contributed by atoms with van der Waals surface area (Å²) < 4.78 is 0. The van der Waals surface area contributed by atoms with Gasteiger partial charge in [-0.25, -0.2) is 0 Å². The van der Waals surface area contributed by atoms with E-state index in [0.717, 1.165) is 23.1 Å². The molecule has 4 heteroatoms. The molecule has 0 aliphatic carbocycles. The minimum absolute atomic E-state index is 0.171. The molecular weight excluding hydrogens is 314 g/mol. The van der Waals surface area contributed by atoms with Crippen LogP contribution in [0.15, 0.2) is 48.5 Å². The maximum Gasteiger partial charge on any atom is 0.251 e. The van der Waals surface area contributed by atoms with E-state index in [4.69, 9.17) is 0 Å². The number of rotatable bonds is 7. The molecule has 0 heterocycles. The van der Waals surface area contributed by atoms with E-state index < -0.39 is 11.7 Å². The van der Waals surface area contributed by atoms with E-state index in [1.165, 1.54) is 0 Å². The highest BCUT2D eigenvalue weighted by Gasteiger charge is 2.14. The molecular formula is C21H27NO3. The first-order valence-corrected chi connectivity index (χ1v) is 8.59. The molecule has 1 atom stereocenters. The summed E-state index contributed by atoms with van der Waals surface area (Å²) >= 11 is 0. The summed E-state index contributed by atoms with van der Waals surface area (Å²) in [5.74, 6) is -0.207. The molecule has 0 aliphatic heterocycles. The fraction of sp³-hybridized carbons (Fsp3) is 0.381. The number of amides is 1. The van der Waals surface area contributed by atoms with Gasteiger partial charge in [-0.1, -0.05) is 36.4 Å². The first-order chi connectivity index (χ1) is 11.8. The molecule has 0 radical (unpaired) electrons. The van der Waals surface area contributed by atoms with Crippen LogP contribution in [-0.2, 0) is 6.42 Å². The fourth-order valence-corrected chi connectivity index (χ4v) is 2.64. The van der Waals surface area contributed by atoms with Crippen LogP contribution in [0.3, 0.4) is 0 Å². The van der Waals surface area contributed by atoms with Crippen LogP contribution in [0.5, 0.6) is 0 Å². The van der Waals surface area contributed by atoms with Crippen molar-refractivity contribution < 1.29 is 15.0 Å². The van der Waals surface area contributed by atoms with Gasteiger partial charge in [0.25, 0.3) is 5.91 Å². The van der Waals surface area contributed by atoms with E-state index in [1.54, 1.807) is 26.0 Å². The molecule has 0 spiro atoms. The standard InChI is InChI=1S/C21H27NO3/c1-15-6-4-5-7-18(15)19(23)14-22-20(24)17-10-8-16(9-11-17)12-13-21(2,3)25/h4-11,19,23,25H,12-14H2,1-3H3,(H,22,24)/t19-/m0/s1. The molecule has 0 unspecified atom stereocenters. The van der Waals surface area contributed by atoms with Crippen LogP contribution in [-0.4, -0.2) is 28.3 Å². The summed E-state index contributed by atoms with van der Waals surface area (Å²) in [4.78, 5) is 12.2. The SMILES string of the molecule is Cc1ccccc1[C@@H](O)CNC(=O)c1ccc(CCC(C)(C)O)cc1. The molecule has 134 valence electrons. The third kappa shape index (κ3) is 6.00. The van der Waals surface area contributed by atoms with Gasteiger partial charge in [-0.15, -0.1) is 0 Å². The maximum absolute atomic E-state index is 12.2. The summed E-state index contributed by atoms with van der Waals surface area (Å²) in [6.45, 7) is 5.68. The first kappa shape index (κ1) is 19.2. The van der Waals surface area contributed by atoms with Gasteiger partial charge >= 0.3 is 0 Å². The number of hydrogen-bond acceptors (Lipinski definition) is 3. The number of hydrogen-bond donors (Lipinski definition) is 3. The highest BCUT2D eigenvalue weighted by Crippen LogP contribution is 2.17. The van der Waals surface area contributed by atoms with Crippen molar-refractivity contribution in [1.82, 2.24) is 5.32 Å². The Hall–Kier alpha value is -2.17. The largest absolute Gasteiger partial charge is 0.390 e. The van der Waals surface area contributed by atoms with Gasteiger partial charge in [0.15, 0.2) is 0 Å². The second kappa shape index (κ2) is 8.28. The highest BCUT2D eigenvalue weighted by atomic mass is 16.3. The van der Waals surface area contributed by atoms with Crippen LogP contribution < -0.4 is 5.32 Å². The summed E-state index contributed by atoms with van der Waals surface area (Å²) in [5, 5.41) is 22.8. The summed E-state index contributed by atoms with van der Waals surface area (Å²) in [7, 11) is 0. The first-order valence-electron chi connectivity index (χ1n) is 8.59. The van der Waals surface area contributed by atoms with Crippen LogP contribution in [0, 0.1) is 6.92 Å². The minimum atomic E-state index is -0.726. The molecule has 0 aromatic heterocycles. The maximum atomic E-state index is 12.2. The minimum Gasteiger partial charge on any atom is -0.390 e. The lowest BCUT2D eigenvalue weighted by molar-refractivity contribution is 0.0713. The van der Waals surface area contributed by atoms with E-state index in [1.807, 2.05) is 43.3 Å². The number of benzene rings is 2. The summed E-state index contributed by atoms with van der Waals surface area (Å²) in [6, 6.07) is 14.9. The van der Waals surface area contributed by atoms with Gasteiger partial charge < -0.3 is 15.5 Å². The Morgan fingerprint density at radius 3 is 2.36 bits per heavy atom. The molecule has 0 aliphatic rings. The van der Waals surface area contributed by atoms with Gasteiger partial charge in [-0.2, -0.15) is 0 Å². The average molecular weight is 341 g/mol. The third-order valence-electron chi connectivity index (χ3n) is 4.25. The summed E-state index contributed by atoms with van der Waals surface area (Å²) in [6.07, 6.45) is 0.703. The van der Waals surface area contributed by atoms with E-state index in [9.17, 15) is 15.0 Å². The van der Waals surface area contributed by atoms with Crippen molar-refractivity contribution in [1.29, 1.82) is 0 Å². The van der Waals surface area contributed by atoms with Gasteiger partial charge in [0.2, 0.25) is 0 Å². The average Bonchev–Trinajstić information content (AvgIpc) is 2.58. The van der Waals surface area contributed by atoms with Gasteiger partial charge in [0, 0.05) is 12.1 Å². The van der Waals surface area contributed by atoms with Crippen molar-refractivity contribution in [3.63, 3.8) is 0 Å². The predicted molar refractivity (Wildman–Crippen MR) is 99.5 cm³/mol. The van der Waals surface area contributed by atoms with E-state index in [2.05, 4.69) is 5.32 Å². The molecule has 2 rings (SSSR count). The number of carbonyl (C=O) groups excluding carboxylic acids is 1. The van der Waals surface area contributed by atoms with Gasteiger partial charge in [0.05, 0.1) is 11.7 Å². The second-order valence-electron chi connectivity index (χ2n) is 7.09. The van der Waals surface area contributed by atoms with Crippen LogP contribution in [0.1, 0.15) is 53.4 Å². The molecule has 0 saturated carbocycles. The second-order valence-corrected chi connectivity index (χ2v) is 7.09. The lowest BCUT2D eigenvalue weighted by Gasteiger charge is -2.16. The van der Waals surface area contributed by atoms with Crippen molar-refractivity contribution in [2.45, 2.75) is 45.3 Å². The Morgan fingerprint density at radius 2 is 1.76 bits per heavy atom. The zero-order chi connectivity index (χ0) is 18.4. The molecule has 3 N–H and O–H groups in total. The number of aryl methyl sites for hydroxylation is 2. The third-order valence-corrected chi connectivity index (χ3v) is 4.25. The van der Waals surface area contributed by atoms with E-state index in [-0.39, 0.29) is 12.5 Å². The number of aliphatic hydroxyl groups excluding tert-OH is 1. The Morgan fingerprint density at radius 1 is 1.12 bits per heavy atom. The fourth-order valence-electron chi connectivity index (χ4n) is 2.64. The van der Waals surface area contributed by atoms with Gasteiger partial charge in [0.1, 0.15) is 0 Å². The Labute approximate surface area is 149 Å². The molecule has 2 aromatic rings. The smallest absolute Gasteiger partial charge is 0.251 e. The number of nitrogens with one attached hydrogen (secondary N) is 1. The Bertz CT molecular complexity index is 702. The van der Waals surface area contributed by atoms with Crippen molar-refractivity contribution in [3.05, 3.63) is 70.8 Å². The monoisotopic (exact) mass is 341 g/mol. The predicted octanol–water partition coefficient (Wildman–Crippen LogP) is 3.16. The zero-order valence-electron chi connectivity index (χ0n) is 15.1. The Kier molecular flexibility index (Phi) is 6.34. The van der Waals surface area contributed by atoms with Crippen molar-refractivity contribution in [3.8, 4) is 0 Å². The molecule has 0 bridgehead atoms. The van der Waals surface area contributed by atoms with Gasteiger partial charge in [-0.05, 0) is 62.4 Å². The lowest BCUT2D eigenvalue weighted by atomic mass is 9.98.